The summed E-state index contributed by atoms with van der Waals surface area (Å²) >= 11 is 12.1. The van der Waals surface area contributed by atoms with E-state index >= 15 is 0 Å². The summed E-state index contributed by atoms with van der Waals surface area (Å²) in [5, 5.41) is 4.42. The number of aromatic nitrogens is 2. The fourth-order valence-corrected chi connectivity index (χ4v) is 3.56. The molecule has 0 spiro atoms. The predicted octanol–water partition coefficient (Wildman–Crippen LogP) is 4.84. The highest BCUT2D eigenvalue weighted by Gasteiger charge is 2.15. The van der Waals surface area contributed by atoms with Crippen molar-refractivity contribution >= 4 is 34.6 Å². The summed E-state index contributed by atoms with van der Waals surface area (Å²) in [4.78, 5) is 6.21. The summed E-state index contributed by atoms with van der Waals surface area (Å²) in [7, 11) is 3.29. The molecule has 0 saturated carbocycles. The second kappa shape index (κ2) is 10.8. The van der Waals surface area contributed by atoms with Gasteiger partial charge in [0.25, 0.3) is 0 Å². The van der Waals surface area contributed by atoms with Gasteiger partial charge in [-0.05, 0) is 36.8 Å². The third-order valence-electron chi connectivity index (χ3n) is 4.66. The molecule has 0 fully saturated rings. The second-order valence-electron chi connectivity index (χ2n) is 6.66. The molecule has 30 heavy (non-hydrogen) atoms. The minimum absolute atomic E-state index is 0.548. The SMILES string of the molecule is COc1ccc(NC(=S)N(CCCn2ccnc2)Cc2ccccc2OC)c(Cl)c1. The Morgan fingerprint density at radius 2 is 2.03 bits per heavy atom. The second-order valence-corrected chi connectivity index (χ2v) is 7.46. The molecule has 0 radical (unpaired) electrons. The van der Waals surface area contributed by atoms with Gasteiger partial charge in [0.15, 0.2) is 5.11 Å². The van der Waals surface area contributed by atoms with Gasteiger partial charge in [0.05, 0.1) is 31.3 Å². The van der Waals surface area contributed by atoms with Crippen LogP contribution in [0.1, 0.15) is 12.0 Å². The summed E-state index contributed by atoms with van der Waals surface area (Å²) in [5.41, 5.74) is 1.80. The van der Waals surface area contributed by atoms with Gasteiger partial charge in [0.2, 0.25) is 0 Å². The van der Waals surface area contributed by atoms with Crippen LogP contribution in [0, 0.1) is 0 Å². The Morgan fingerprint density at radius 3 is 2.73 bits per heavy atom. The molecule has 8 heteroatoms. The maximum atomic E-state index is 6.39. The third kappa shape index (κ3) is 5.87. The van der Waals surface area contributed by atoms with E-state index in [-0.39, 0.29) is 0 Å². The smallest absolute Gasteiger partial charge is 0.173 e. The topological polar surface area (TPSA) is 51.5 Å². The lowest BCUT2D eigenvalue weighted by molar-refractivity contribution is 0.372. The molecule has 3 aromatic rings. The number of anilines is 1. The average Bonchev–Trinajstić information content (AvgIpc) is 3.28. The van der Waals surface area contributed by atoms with Gasteiger partial charge >= 0.3 is 0 Å². The molecule has 1 heterocycles. The molecule has 1 aromatic heterocycles. The quantitative estimate of drug-likeness (QED) is 0.476. The largest absolute Gasteiger partial charge is 0.497 e. The van der Waals surface area contributed by atoms with E-state index in [9.17, 15) is 0 Å². The average molecular weight is 445 g/mol. The Bertz CT molecular complexity index is 966. The number of halogens is 1. The summed E-state index contributed by atoms with van der Waals surface area (Å²) in [6.45, 7) is 2.23. The molecule has 0 amide bonds. The van der Waals surface area contributed by atoms with E-state index in [4.69, 9.17) is 33.3 Å². The van der Waals surface area contributed by atoms with E-state index in [1.54, 1.807) is 26.5 Å². The predicted molar refractivity (Wildman–Crippen MR) is 124 cm³/mol. The summed E-state index contributed by atoms with van der Waals surface area (Å²) in [6.07, 6.45) is 6.46. The molecule has 158 valence electrons. The number of ether oxygens (including phenoxy) is 2. The Hall–Kier alpha value is -2.77. The van der Waals surface area contributed by atoms with Crippen molar-refractivity contribution in [3.05, 3.63) is 71.8 Å². The first-order chi connectivity index (χ1) is 14.6. The summed E-state index contributed by atoms with van der Waals surface area (Å²) in [6, 6.07) is 13.4. The number of para-hydroxylation sites is 1. The Labute approximate surface area is 187 Å². The van der Waals surface area contributed by atoms with Crippen LogP contribution in [0.3, 0.4) is 0 Å². The molecule has 0 aliphatic rings. The Kier molecular flexibility index (Phi) is 7.93. The van der Waals surface area contributed by atoms with Crippen LogP contribution in [0.5, 0.6) is 11.5 Å². The van der Waals surface area contributed by atoms with Crippen molar-refractivity contribution in [2.45, 2.75) is 19.5 Å². The molecule has 0 atom stereocenters. The van der Waals surface area contributed by atoms with Crippen molar-refractivity contribution in [2.24, 2.45) is 0 Å². The lowest BCUT2D eigenvalue weighted by Crippen LogP contribution is -2.35. The van der Waals surface area contributed by atoms with Crippen molar-refractivity contribution in [3.63, 3.8) is 0 Å². The number of nitrogens with one attached hydrogen (secondary N) is 1. The van der Waals surface area contributed by atoms with Crippen molar-refractivity contribution in [1.82, 2.24) is 14.5 Å². The normalized spacial score (nSPS) is 10.5. The minimum atomic E-state index is 0.548. The molecule has 6 nitrogen and oxygen atoms in total. The van der Waals surface area contributed by atoms with Gasteiger partial charge in [-0.25, -0.2) is 4.98 Å². The van der Waals surface area contributed by atoms with Crippen LogP contribution in [0.4, 0.5) is 5.69 Å². The summed E-state index contributed by atoms with van der Waals surface area (Å²) < 4.78 is 12.8. The molecular formula is C22H25ClN4O2S. The molecular weight excluding hydrogens is 420 g/mol. The first-order valence-electron chi connectivity index (χ1n) is 9.58. The van der Waals surface area contributed by atoms with Gasteiger partial charge in [0.1, 0.15) is 11.5 Å². The van der Waals surface area contributed by atoms with Crippen molar-refractivity contribution in [1.29, 1.82) is 0 Å². The highest BCUT2D eigenvalue weighted by atomic mass is 35.5. The monoisotopic (exact) mass is 444 g/mol. The van der Waals surface area contributed by atoms with Gasteiger partial charge in [-0.3, -0.25) is 0 Å². The molecule has 0 unspecified atom stereocenters. The van der Waals surface area contributed by atoms with Crippen LogP contribution >= 0.6 is 23.8 Å². The van der Waals surface area contributed by atoms with Crippen molar-refractivity contribution < 1.29 is 9.47 Å². The highest BCUT2D eigenvalue weighted by molar-refractivity contribution is 7.80. The maximum Gasteiger partial charge on any atom is 0.173 e. The molecule has 1 N–H and O–H groups in total. The lowest BCUT2D eigenvalue weighted by Gasteiger charge is -2.27. The fourth-order valence-electron chi connectivity index (χ4n) is 3.07. The van der Waals surface area contributed by atoms with Crippen LogP contribution in [0.2, 0.25) is 5.02 Å². The number of methoxy groups -OCH3 is 2. The first kappa shape index (κ1) is 21.9. The van der Waals surface area contributed by atoms with Gasteiger partial charge in [0, 0.05) is 43.7 Å². The molecule has 0 aliphatic carbocycles. The van der Waals surface area contributed by atoms with Crippen LogP contribution in [0.25, 0.3) is 0 Å². The first-order valence-corrected chi connectivity index (χ1v) is 10.4. The zero-order valence-electron chi connectivity index (χ0n) is 17.0. The van der Waals surface area contributed by atoms with Crippen LogP contribution in [0.15, 0.2) is 61.2 Å². The number of aryl methyl sites for hydroxylation is 1. The lowest BCUT2D eigenvalue weighted by atomic mass is 10.2. The molecule has 0 aliphatic heterocycles. The number of thiocarbonyl (C=S) groups is 1. The van der Waals surface area contributed by atoms with Crippen LogP contribution < -0.4 is 14.8 Å². The van der Waals surface area contributed by atoms with E-state index in [0.29, 0.717) is 22.4 Å². The number of rotatable bonds is 9. The standard InChI is InChI=1S/C22H25ClN4O2S/c1-28-18-8-9-20(19(23)14-18)25-22(30)27(12-5-11-26-13-10-24-16-26)15-17-6-3-4-7-21(17)29-2/h3-4,6-10,13-14,16H,5,11-12,15H2,1-2H3,(H,25,30). The number of imidazole rings is 1. The Balaban J connectivity index is 1.73. The number of hydrogen-bond donors (Lipinski definition) is 1. The van der Waals surface area contributed by atoms with Crippen LogP contribution in [-0.2, 0) is 13.1 Å². The van der Waals surface area contributed by atoms with Gasteiger partial charge in [-0.1, -0.05) is 29.8 Å². The molecule has 0 saturated heterocycles. The Morgan fingerprint density at radius 1 is 1.20 bits per heavy atom. The molecule has 3 rings (SSSR count). The number of nitrogens with zero attached hydrogens (tertiary/aromatic N) is 3. The zero-order chi connectivity index (χ0) is 21.3. The third-order valence-corrected chi connectivity index (χ3v) is 5.34. The molecule has 2 aromatic carbocycles. The van der Waals surface area contributed by atoms with Crippen molar-refractivity contribution in [3.8, 4) is 11.5 Å². The minimum Gasteiger partial charge on any atom is -0.497 e. The van der Waals surface area contributed by atoms with Gasteiger partial charge in [-0.15, -0.1) is 0 Å². The van der Waals surface area contributed by atoms with Gasteiger partial charge in [-0.2, -0.15) is 0 Å². The van der Waals surface area contributed by atoms with Crippen LogP contribution in [-0.4, -0.2) is 40.3 Å². The molecule has 0 bridgehead atoms. The summed E-state index contributed by atoms with van der Waals surface area (Å²) in [5.74, 6) is 1.53. The van der Waals surface area contributed by atoms with E-state index in [1.165, 1.54) is 0 Å². The van der Waals surface area contributed by atoms with E-state index in [1.807, 2.05) is 48.9 Å². The van der Waals surface area contributed by atoms with E-state index in [0.717, 1.165) is 36.5 Å². The fraction of sp³-hybridized carbons (Fsp3) is 0.273. The number of benzene rings is 2. The van der Waals surface area contributed by atoms with E-state index in [2.05, 4.69) is 19.8 Å². The van der Waals surface area contributed by atoms with E-state index < -0.39 is 0 Å². The van der Waals surface area contributed by atoms with Crippen molar-refractivity contribution in [2.75, 3.05) is 26.1 Å². The maximum absolute atomic E-state index is 6.39. The highest BCUT2D eigenvalue weighted by Crippen LogP contribution is 2.27. The number of hydrogen-bond acceptors (Lipinski definition) is 4. The zero-order valence-corrected chi connectivity index (χ0v) is 18.6. The van der Waals surface area contributed by atoms with Gasteiger partial charge < -0.3 is 24.3 Å².